The lowest BCUT2D eigenvalue weighted by molar-refractivity contribution is -0.366. The molecular weight excluding hydrogens is 440 g/mol. The molecule has 14 nitrogen and oxygen atoms in total. The Labute approximate surface area is 182 Å². The Morgan fingerprint density at radius 1 is 0.562 bits per heavy atom. The zero-order valence-corrected chi connectivity index (χ0v) is 17.0. The molecule has 1 saturated carbocycles. The monoisotopic (exact) mass is 472 g/mol. The predicted molar refractivity (Wildman–Crippen MR) is 98.5 cm³/mol. The van der Waals surface area contributed by atoms with E-state index in [1.807, 2.05) is 0 Å². The fourth-order valence-corrected chi connectivity index (χ4v) is 4.11. The second kappa shape index (κ2) is 10.8. The number of aliphatic hydroxyl groups excluding tert-OH is 10. The van der Waals surface area contributed by atoms with E-state index in [1.54, 1.807) is 0 Å². The van der Waals surface area contributed by atoms with Crippen molar-refractivity contribution >= 4 is 0 Å². The van der Waals surface area contributed by atoms with Crippen molar-refractivity contribution in [1.29, 1.82) is 0 Å². The highest BCUT2D eigenvalue weighted by atomic mass is 16.7. The lowest BCUT2D eigenvalue weighted by Crippen LogP contribution is -2.65. The molecular formula is C18H32O14. The van der Waals surface area contributed by atoms with E-state index in [2.05, 4.69) is 0 Å². The van der Waals surface area contributed by atoms with E-state index >= 15 is 0 Å². The van der Waals surface area contributed by atoms with Crippen LogP contribution in [0.1, 0.15) is 12.8 Å². The smallest absolute Gasteiger partial charge is 0.187 e. The van der Waals surface area contributed by atoms with Crippen LogP contribution in [0.4, 0.5) is 0 Å². The van der Waals surface area contributed by atoms with E-state index < -0.39 is 99.0 Å². The summed E-state index contributed by atoms with van der Waals surface area (Å²) in [4.78, 5) is 0. The molecule has 0 aromatic carbocycles. The van der Waals surface area contributed by atoms with E-state index in [1.165, 1.54) is 0 Å². The van der Waals surface area contributed by atoms with Gasteiger partial charge in [0.15, 0.2) is 12.6 Å². The highest BCUT2D eigenvalue weighted by Gasteiger charge is 2.51. The van der Waals surface area contributed by atoms with E-state index in [4.69, 9.17) is 18.9 Å². The Hall–Kier alpha value is -0.560. The first-order valence-corrected chi connectivity index (χ1v) is 10.4. The minimum Gasteiger partial charge on any atom is -0.394 e. The molecule has 14 heteroatoms. The van der Waals surface area contributed by atoms with Gasteiger partial charge in [-0.05, 0) is 12.8 Å². The van der Waals surface area contributed by atoms with Crippen LogP contribution in [0.5, 0.6) is 0 Å². The normalized spacial score (nSPS) is 52.7. The molecule has 3 fully saturated rings. The summed E-state index contributed by atoms with van der Waals surface area (Å²) in [7, 11) is 0. The summed E-state index contributed by atoms with van der Waals surface area (Å²) in [6, 6.07) is 0. The van der Waals surface area contributed by atoms with Gasteiger partial charge in [-0.25, -0.2) is 0 Å². The molecule has 0 radical (unpaired) electrons. The van der Waals surface area contributed by atoms with Gasteiger partial charge in [-0.2, -0.15) is 0 Å². The van der Waals surface area contributed by atoms with Crippen LogP contribution in [0, 0.1) is 0 Å². The maximum absolute atomic E-state index is 10.6. The third-order valence-electron chi connectivity index (χ3n) is 6.14. The molecule has 0 bridgehead atoms. The zero-order chi connectivity index (χ0) is 23.7. The Morgan fingerprint density at radius 3 is 1.75 bits per heavy atom. The van der Waals surface area contributed by atoms with Crippen LogP contribution in [0.25, 0.3) is 0 Å². The maximum Gasteiger partial charge on any atom is 0.187 e. The van der Waals surface area contributed by atoms with E-state index in [-0.39, 0.29) is 12.8 Å². The van der Waals surface area contributed by atoms with Gasteiger partial charge < -0.3 is 70.0 Å². The molecule has 3 aliphatic rings. The molecule has 1 aliphatic carbocycles. The third-order valence-corrected chi connectivity index (χ3v) is 6.14. The van der Waals surface area contributed by atoms with Crippen molar-refractivity contribution in [3.63, 3.8) is 0 Å². The first-order chi connectivity index (χ1) is 15.1. The second-order valence-corrected chi connectivity index (χ2v) is 8.31. The Morgan fingerprint density at radius 2 is 1.12 bits per heavy atom. The van der Waals surface area contributed by atoms with Crippen molar-refractivity contribution in [3.05, 3.63) is 0 Å². The van der Waals surface area contributed by atoms with Crippen LogP contribution in [-0.2, 0) is 18.9 Å². The van der Waals surface area contributed by atoms with E-state index in [0.717, 1.165) is 0 Å². The molecule has 2 saturated heterocycles. The van der Waals surface area contributed by atoms with Gasteiger partial charge in [-0.3, -0.25) is 0 Å². The van der Waals surface area contributed by atoms with Crippen LogP contribution in [0.15, 0.2) is 0 Å². The first kappa shape index (κ1) is 26.1. The van der Waals surface area contributed by atoms with Crippen molar-refractivity contribution in [2.75, 3.05) is 13.2 Å². The topological polar surface area (TPSA) is 239 Å². The average molecular weight is 472 g/mol. The summed E-state index contributed by atoms with van der Waals surface area (Å²) in [6.07, 6.45) is -20.8. The quantitative estimate of drug-likeness (QED) is 0.173. The van der Waals surface area contributed by atoms with Crippen molar-refractivity contribution in [3.8, 4) is 0 Å². The number of rotatable bonds is 6. The molecule has 10 N–H and O–H groups in total. The summed E-state index contributed by atoms with van der Waals surface area (Å²) >= 11 is 0. The molecule has 0 aromatic heterocycles. The molecule has 3 rings (SSSR count). The van der Waals surface area contributed by atoms with Crippen molar-refractivity contribution in [2.45, 2.75) is 98.7 Å². The number of aliphatic hydroxyl groups is 10. The Bertz CT molecular complexity index is 592. The summed E-state index contributed by atoms with van der Waals surface area (Å²) in [5.74, 6) is 0. The van der Waals surface area contributed by atoms with Gasteiger partial charge in [0.1, 0.15) is 61.0 Å². The lowest BCUT2D eigenvalue weighted by Gasteiger charge is -2.47. The average Bonchev–Trinajstić information content (AvgIpc) is 2.78. The van der Waals surface area contributed by atoms with Gasteiger partial charge in [-0.1, -0.05) is 0 Å². The minimum atomic E-state index is -1.78. The molecule has 2 aliphatic heterocycles. The standard InChI is InChI=1S/C18H32O14/c19-3-7-11(24)12(25)14(27)18(30-7)32-16-8(4-20)31-17(15(28)13(16)26)29-6-2-1-5(21)9(22)10(6)23/h5-28H,1-4H2/t5-,6+,7+,8+,9-,10+,11-,12-,13+,14-,15-,16-,17+,18-/m1/s1. The number of hydrogen-bond acceptors (Lipinski definition) is 14. The van der Waals surface area contributed by atoms with Gasteiger partial charge in [0.2, 0.25) is 0 Å². The van der Waals surface area contributed by atoms with Crippen molar-refractivity contribution < 1.29 is 70.0 Å². The van der Waals surface area contributed by atoms with Crippen LogP contribution in [0.2, 0.25) is 0 Å². The molecule has 32 heavy (non-hydrogen) atoms. The summed E-state index contributed by atoms with van der Waals surface area (Å²) in [5.41, 5.74) is 0. The highest BCUT2D eigenvalue weighted by molar-refractivity contribution is 4.95. The lowest BCUT2D eigenvalue weighted by atomic mass is 9.89. The molecule has 188 valence electrons. The molecule has 0 aromatic rings. The Balaban J connectivity index is 1.67. The van der Waals surface area contributed by atoms with Gasteiger partial charge in [0, 0.05) is 0 Å². The van der Waals surface area contributed by atoms with E-state index in [9.17, 15) is 51.1 Å². The largest absolute Gasteiger partial charge is 0.394 e. The Kier molecular flexibility index (Phi) is 8.79. The highest BCUT2D eigenvalue weighted by Crippen LogP contribution is 2.32. The second-order valence-electron chi connectivity index (χ2n) is 8.31. The molecule has 0 spiro atoms. The fraction of sp³-hybridized carbons (Fsp3) is 1.00. The summed E-state index contributed by atoms with van der Waals surface area (Å²) in [5, 5.41) is 99.3. The number of ether oxygens (including phenoxy) is 4. The van der Waals surface area contributed by atoms with E-state index in [0.29, 0.717) is 0 Å². The summed E-state index contributed by atoms with van der Waals surface area (Å²) < 4.78 is 21.6. The van der Waals surface area contributed by atoms with Gasteiger partial charge >= 0.3 is 0 Å². The predicted octanol–water partition coefficient (Wildman–Crippen LogP) is -6.13. The van der Waals surface area contributed by atoms with Crippen LogP contribution < -0.4 is 0 Å². The maximum atomic E-state index is 10.6. The van der Waals surface area contributed by atoms with Crippen molar-refractivity contribution in [2.24, 2.45) is 0 Å². The SMILES string of the molecule is OC[C@@H]1O[C@H](O[C@H]2[C@@H](O)[C@@H](O)[C@@H](O[C@H]3CC[C@@H](O)[C@@H](O)[C@H]3O)O[C@H]2CO)[C@H](O)[C@H](O)[C@@H]1O. The van der Waals surface area contributed by atoms with Crippen LogP contribution in [0.3, 0.4) is 0 Å². The van der Waals surface area contributed by atoms with Gasteiger partial charge in [0.25, 0.3) is 0 Å². The summed E-state index contributed by atoms with van der Waals surface area (Å²) in [6.45, 7) is -1.44. The molecule has 0 amide bonds. The van der Waals surface area contributed by atoms with Gasteiger partial charge in [-0.15, -0.1) is 0 Å². The first-order valence-electron chi connectivity index (χ1n) is 10.4. The minimum absolute atomic E-state index is 0.112. The van der Waals surface area contributed by atoms with Gasteiger partial charge in [0.05, 0.1) is 25.4 Å². The zero-order valence-electron chi connectivity index (χ0n) is 17.0. The molecule has 2 heterocycles. The number of hydrogen-bond donors (Lipinski definition) is 10. The van der Waals surface area contributed by atoms with Crippen LogP contribution >= 0.6 is 0 Å². The third kappa shape index (κ3) is 5.08. The fourth-order valence-electron chi connectivity index (χ4n) is 4.11. The molecule has 14 atom stereocenters. The van der Waals surface area contributed by atoms with Crippen molar-refractivity contribution in [1.82, 2.24) is 0 Å². The van der Waals surface area contributed by atoms with Crippen LogP contribution in [-0.4, -0.2) is 150 Å². The molecule has 0 unspecified atom stereocenters.